The SMILES string of the molecule is O=C1NC(N2CCC(c3ccccc3)CC2)=NC2NNCC12. The smallest absolute Gasteiger partial charge is 0.234 e. The quantitative estimate of drug-likeness (QED) is 0.702. The second-order valence-corrected chi connectivity index (χ2v) is 6.19. The molecule has 3 aliphatic rings. The first-order valence-corrected chi connectivity index (χ1v) is 7.98. The molecule has 6 heteroatoms. The van der Waals surface area contributed by atoms with Gasteiger partial charge in [-0.3, -0.25) is 15.5 Å². The molecule has 1 amide bonds. The number of hydrogen-bond acceptors (Lipinski definition) is 5. The minimum absolute atomic E-state index is 0.0673. The highest BCUT2D eigenvalue weighted by atomic mass is 16.2. The van der Waals surface area contributed by atoms with Crippen LogP contribution in [0.25, 0.3) is 0 Å². The predicted octanol–water partition coefficient (Wildman–Crippen LogP) is 0.402. The number of nitrogens with one attached hydrogen (secondary N) is 3. The summed E-state index contributed by atoms with van der Waals surface area (Å²) < 4.78 is 0. The first kappa shape index (κ1) is 13.7. The molecule has 3 heterocycles. The third-order valence-corrected chi connectivity index (χ3v) is 4.85. The van der Waals surface area contributed by atoms with Crippen LogP contribution in [0.4, 0.5) is 0 Å². The molecule has 0 aliphatic carbocycles. The van der Waals surface area contributed by atoms with Gasteiger partial charge < -0.3 is 4.90 Å². The maximum atomic E-state index is 12.1. The van der Waals surface area contributed by atoms with Crippen molar-refractivity contribution in [3.63, 3.8) is 0 Å². The average Bonchev–Trinajstić information content (AvgIpc) is 3.05. The minimum atomic E-state index is -0.129. The Bertz CT molecular complexity index is 579. The molecule has 22 heavy (non-hydrogen) atoms. The lowest BCUT2D eigenvalue weighted by atomic mass is 9.89. The summed E-state index contributed by atoms with van der Waals surface area (Å²) >= 11 is 0. The van der Waals surface area contributed by atoms with Gasteiger partial charge in [0.15, 0.2) is 0 Å². The van der Waals surface area contributed by atoms with E-state index in [9.17, 15) is 4.79 Å². The summed E-state index contributed by atoms with van der Waals surface area (Å²) in [5.41, 5.74) is 7.49. The second-order valence-electron chi connectivity index (χ2n) is 6.19. The van der Waals surface area contributed by atoms with Gasteiger partial charge >= 0.3 is 0 Å². The van der Waals surface area contributed by atoms with E-state index in [4.69, 9.17) is 0 Å². The highest BCUT2D eigenvalue weighted by Gasteiger charge is 2.38. The van der Waals surface area contributed by atoms with E-state index >= 15 is 0 Å². The van der Waals surface area contributed by atoms with E-state index < -0.39 is 0 Å². The number of nitrogens with zero attached hydrogens (tertiary/aromatic N) is 2. The molecule has 6 nitrogen and oxygen atoms in total. The number of carbonyl (C=O) groups excluding carboxylic acids is 1. The second kappa shape index (κ2) is 5.70. The summed E-state index contributed by atoms with van der Waals surface area (Å²) in [4.78, 5) is 19.0. The van der Waals surface area contributed by atoms with Crippen LogP contribution in [0.1, 0.15) is 24.3 Å². The zero-order valence-corrected chi connectivity index (χ0v) is 12.5. The molecule has 2 atom stereocenters. The van der Waals surface area contributed by atoms with Crippen molar-refractivity contribution in [1.29, 1.82) is 0 Å². The normalized spacial score (nSPS) is 29.0. The number of carbonyl (C=O) groups is 1. The van der Waals surface area contributed by atoms with Crippen molar-refractivity contribution in [2.45, 2.75) is 24.9 Å². The predicted molar refractivity (Wildman–Crippen MR) is 84.0 cm³/mol. The first-order valence-electron chi connectivity index (χ1n) is 7.98. The van der Waals surface area contributed by atoms with Gasteiger partial charge in [-0.2, -0.15) is 0 Å². The maximum Gasteiger partial charge on any atom is 0.234 e. The highest BCUT2D eigenvalue weighted by molar-refractivity contribution is 6.00. The molecule has 2 unspecified atom stereocenters. The third-order valence-electron chi connectivity index (χ3n) is 4.85. The Hall–Kier alpha value is -1.92. The van der Waals surface area contributed by atoms with Crippen LogP contribution in [0.15, 0.2) is 35.3 Å². The van der Waals surface area contributed by atoms with Crippen LogP contribution < -0.4 is 16.2 Å². The molecule has 0 bridgehead atoms. The standard InChI is InChI=1S/C16H21N5O/c22-15-13-10-17-20-14(13)18-16(19-15)21-8-6-12(7-9-21)11-4-2-1-3-5-11/h1-5,12-14,17,20H,6-10H2,(H,18,19,22). The lowest BCUT2D eigenvalue weighted by Gasteiger charge is -2.36. The summed E-state index contributed by atoms with van der Waals surface area (Å²) in [5, 5.41) is 2.97. The molecule has 1 aromatic rings. The first-order chi connectivity index (χ1) is 10.8. The van der Waals surface area contributed by atoms with E-state index in [0.717, 1.165) is 31.9 Å². The van der Waals surface area contributed by atoms with E-state index in [1.807, 2.05) is 0 Å². The molecule has 2 saturated heterocycles. The number of hydrazine groups is 1. The third kappa shape index (κ3) is 2.48. The van der Waals surface area contributed by atoms with Crippen LogP contribution >= 0.6 is 0 Å². The summed E-state index contributed by atoms with van der Waals surface area (Å²) in [6.07, 6.45) is 2.06. The molecular weight excluding hydrogens is 278 g/mol. The largest absolute Gasteiger partial charge is 0.343 e. The molecule has 0 spiro atoms. The summed E-state index contributed by atoms with van der Waals surface area (Å²) in [7, 11) is 0. The van der Waals surface area contributed by atoms with Crippen molar-refractivity contribution in [3.8, 4) is 0 Å². The van der Waals surface area contributed by atoms with E-state index in [1.165, 1.54) is 5.56 Å². The van der Waals surface area contributed by atoms with Crippen molar-refractivity contribution >= 4 is 11.9 Å². The monoisotopic (exact) mass is 299 g/mol. The molecule has 0 saturated carbocycles. The average molecular weight is 299 g/mol. The topological polar surface area (TPSA) is 68.8 Å². The van der Waals surface area contributed by atoms with E-state index in [1.54, 1.807) is 0 Å². The summed E-state index contributed by atoms with van der Waals surface area (Å²) in [6, 6.07) is 10.7. The van der Waals surface area contributed by atoms with Gasteiger partial charge in [-0.15, -0.1) is 0 Å². The van der Waals surface area contributed by atoms with Gasteiger partial charge in [0.2, 0.25) is 11.9 Å². The van der Waals surface area contributed by atoms with Crippen LogP contribution in [-0.2, 0) is 4.79 Å². The van der Waals surface area contributed by atoms with Crippen LogP contribution in [0.3, 0.4) is 0 Å². The number of hydrogen-bond donors (Lipinski definition) is 3. The van der Waals surface area contributed by atoms with Crippen molar-refractivity contribution in [3.05, 3.63) is 35.9 Å². The molecule has 0 radical (unpaired) electrons. The summed E-state index contributed by atoms with van der Waals surface area (Å²) in [6.45, 7) is 2.51. The minimum Gasteiger partial charge on any atom is -0.343 e. The number of piperidine rings is 1. The zero-order valence-electron chi connectivity index (χ0n) is 12.5. The number of benzene rings is 1. The molecule has 0 aromatic heterocycles. The van der Waals surface area contributed by atoms with E-state index in [0.29, 0.717) is 12.5 Å². The van der Waals surface area contributed by atoms with Crippen LogP contribution in [0, 0.1) is 5.92 Å². The van der Waals surface area contributed by atoms with Crippen LogP contribution in [-0.4, -0.2) is 42.6 Å². The molecule has 4 rings (SSSR count). The number of aliphatic imine (C=N–C) groups is 1. The molecule has 116 valence electrons. The fourth-order valence-electron chi connectivity index (χ4n) is 3.52. The molecule has 1 aromatic carbocycles. The van der Waals surface area contributed by atoms with Crippen LogP contribution in [0.5, 0.6) is 0 Å². The van der Waals surface area contributed by atoms with E-state index in [2.05, 4.69) is 56.4 Å². The molecule has 3 aliphatic heterocycles. The Morgan fingerprint density at radius 1 is 1.14 bits per heavy atom. The fraction of sp³-hybridized carbons (Fsp3) is 0.500. The van der Waals surface area contributed by atoms with Crippen molar-refractivity contribution < 1.29 is 4.79 Å². The van der Waals surface area contributed by atoms with Gasteiger partial charge in [0.1, 0.15) is 6.17 Å². The Kier molecular flexibility index (Phi) is 3.56. The van der Waals surface area contributed by atoms with Gasteiger partial charge in [0.05, 0.1) is 5.92 Å². The van der Waals surface area contributed by atoms with Crippen molar-refractivity contribution in [2.24, 2.45) is 10.9 Å². The van der Waals surface area contributed by atoms with Gasteiger partial charge in [0.25, 0.3) is 0 Å². The Morgan fingerprint density at radius 2 is 1.91 bits per heavy atom. The number of rotatable bonds is 1. The number of guanidine groups is 1. The van der Waals surface area contributed by atoms with Gasteiger partial charge in [-0.25, -0.2) is 10.4 Å². The Balaban J connectivity index is 1.42. The number of amides is 1. The van der Waals surface area contributed by atoms with Gasteiger partial charge in [-0.05, 0) is 24.3 Å². The lowest BCUT2D eigenvalue weighted by molar-refractivity contribution is -0.124. The van der Waals surface area contributed by atoms with E-state index in [-0.39, 0.29) is 18.0 Å². The van der Waals surface area contributed by atoms with Gasteiger partial charge in [0, 0.05) is 19.6 Å². The molecule has 3 N–H and O–H groups in total. The highest BCUT2D eigenvalue weighted by Crippen LogP contribution is 2.28. The lowest BCUT2D eigenvalue weighted by Crippen LogP contribution is -2.54. The van der Waals surface area contributed by atoms with Gasteiger partial charge in [-0.1, -0.05) is 30.3 Å². The Labute approximate surface area is 129 Å². The fourth-order valence-corrected chi connectivity index (χ4v) is 3.52. The Morgan fingerprint density at radius 3 is 2.68 bits per heavy atom. The maximum absolute atomic E-state index is 12.1. The summed E-state index contributed by atoms with van der Waals surface area (Å²) in [5.74, 6) is 1.31. The zero-order chi connectivity index (χ0) is 14.9. The molecular formula is C16H21N5O. The van der Waals surface area contributed by atoms with Crippen molar-refractivity contribution in [1.82, 2.24) is 21.1 Å². The van der Waals surface area contributed by atoms with Crippen molar-refractivity contribution in [2.75, 3.05) is 19.6 Å². The number of fused-ring (bicyclic) bond motifs is 1. The molecule has 2 fully saturated rings. The van der Waals surface area contributed by atoms with Crippen LogP contribution in [0.2, 0.25) is 0 Å². The number of likely N-dealkylation sites (tertiary alicyclic amines) is 1.